The molecule has 0 aliphatic rings. The number of hydrogen-bond donors (Lipinski definition) is 2. The average Bonchev–Trinajstić information content (AvgIpc) is 2.52. The molecule has 0 spiro atoms. The Morgan fingerprint density at radius 3 is 2.48 bits per heavy atom. The summed E-state index contributed by atoms with van der Waals surface area (Å²) in [6.45, 7) is -0.301. The SMILES string of the molecule is O=C(COc1ccc(Br)cc1Cl)NNC(=O)c1ccccc1Cl. The molecule has 0 saturated carbocycles. The van der Waals surface area contributed by atoms with E-state index in [2.05, 4.69) is 26.8 Å². The van der Waals surface area contributed by atoms with E-state index in [-0.39, 0.29) is 17.2 Å². The molecule has 0 radical (unpaired) electrons. The lowest BCUT2D eigenvalue weighted by atomic mass is 10.2. The van der Waals surface area contributed by atoms with Gasteiger partial charge in [0.2, 0.25) is 0 Å². The number of ether oxygens (including phenoxy) is 1. The molecule has 2 aromatic carbocycles. The van der Waals surface area contributed by atoms with Crippen LogP contribution in [0, 0.1) is 0 Å². The fourth-order valence-electron chi connectivity index (χ4n) is 1.61. The van der Waals surface area contributed by atoms with Crippen LogP contribution in [0.15, 0.2) is 46.9 Å². The van der Waals surface area contributed by atoms with Crippen molar-refractivity contribution in [1.29, 1.82) is 0 Å². The van der Waals surface area contributed by atoms with E-state index in [0.717, 1.165) is 4.47 Å². The maximum atomic E-state index is 11.9. The number of carbonyl (C=O) groups is 2. The number of hydrogen-bond acceptors (Lipinski definition) is 3. The van der Waals surface area contributed by atoms with Crippen molar-refractivity contribution in [1.82, 2.24) is 10.9 Å². The molecule has 2 N–H and O–H groups in total. The van der Waals surface area contributed by atoms with Crippen molar-refractivity contribution in [2.45, 2.75) is 0 Å². The summed E-state index contributed by atoms with van der Waals surface area (Å²) < 4.78 is 6.07. The third-order valence-electron chi connectivity index (χ3n) is 2.69. The van der Waals surface area contributed by atoms with Crippen LogP contribution in [0.2, 0.25) is 10.0 Å². The van der Waals surface area contributed by atoms with Gasteiger partial charge in [0.1, 0.15) is 5.75 Å². The molecule has 8 heteroatoms. The molecular weight excluding hydrogens is 407 g/mol. The Hall–Kier alpha value is -1.76. The molecule has 0 heterocycles. The highest BCUT2D eigenvalue weighted by atomic mass is 79.9. The number of hydrazine groups is 1. The summed E-state index contributed by atoms with van der Waals surface area (Å²) in [7, 11) is 0. The Labute approximate surface area is 151 Å². The van der Waals surface area contributed by atoms with Crippen molar-refractivity contribution >= 4 is 50.9 Å². The second-order valence-corrected chi connectivity index (χ2v) is 6.08. The molecular formula is C15H11BrCl2N2O3. The Balaban J connectivity index is 1.83. The Morgan fingerprint density at radius 2 is 1.78 bits per heavy atom. The summed E-state index contributed by atoms with van der Waals surface area (Å²) in [4.78, 5) is 23.5. The standard InChI is InChI=1S/C15H11BrCl2N2O3/c16-9-5-6-13(12(18)7-9)23-8-14(21)19-20-15(22)10-3-1-2-4-11(10)17/h1-7H,8H2,(H,19,21)(H,20,22). The van der Waals surface area contributed by atoms with Crippen LogP contribution >= 0.6 is 39.1 Å². The molecule has 0 aliphatic carbocycles. The zero-order valence-corrected chi connectivity index (χ0v) is 14.7. The smallest absolute Gasteiger partial charge is 0.276 e. The van der Waals surface area contributed by atoms with E-state index in [0.29, 0.717) is 10.8 Å². The summed E-state index contributed by atoms with van der Waals surface area (Å²) in [5, 5.41) is 0.657. The van der Waals surface area contributed by atoms with Crippen LogP contribution in [0.5, 0.6) is 5.75 Å². The van der Waals surface area contributed by atoms with Crippen molar-refractivity contribution in [3.63, 3.8) is 0 Å². The van der Waals surface area contributed by atoms with E-state index >= 15 is 0 Å². The first-order chi connectivity index (χ1) is 11.0. The molecule has 2 rings (SSSR count). The Morgan fingerprint density at radius 1 is 1.04 bits per heavy atom. The van der Waals surface area contributed by atoms with Crippen molar-refractivity contribution in [2.75, 3.05) is 6.61 Å². The fraction of sp³-hybridized carbons (Fsp3) is 0.0667. The predicted molar refractivity (Wildman–Crippen MR) is 91.7 cm³/mol. The van der Waals surface area contributed by atoms with E-state index in [1.807, 2.05) is 0 Å². The Bertz CT molecular complexity index is 740. The fourth-order valence-corrected chi connectivity index (χ4v) is 2.56. The van der Waals surface area contributed by atoms with Crippen LogP contribution in [0.4, 0.5) is 0 Å². The minimum atomic E-state index is -0.538. The number of rotatable bonds is 4. The van der Waals surface area contributed by atoms with Gasteiger partial charge in [-0.25, -0.2) is 0 Å². The third-order valence-corrected chi connectivity index (χ3v) is 3.80. The van der Waals surface area contributed by atoms with Gasteiger partial charge in [-0.2, -0.15) is 0 Å². The van der Waals surface area contributed by atoms with Crippen LogP contribution in [0.25, 0.3) is 0 Å². The molecule has 120 valence electrons. The average molecular weight is 418 g/mol. The summed E-state index contributed by atoms with van der Waals surface area (Å²) >= 11 is 15.1. The van der Waals surface area contributed by atoms with Gasteiger partial charge in [0, 0.05) is 4.47 Å². The van der Waals surface area contributed by atoms with E-state index in [4.69, 9.17) is 27.9 Å². The highest BCUT2D eigenvalue weighted by Crippen LogP contribution is 2.27. The number of carbonyl (C=O) groups excluding carboxylic acids is 2. The molecule has 0 fully saturated rings. The van der Waals surface area contributed by atoms with Crippen molar-refractivity contribution < 1.29 is 14.3 Å². The van der Waals surface area contributed by atoms with E-state index in [9.17, 15) is 9.59 Å². The van der Waals surface area contributed by atoms with Crippen LogP contribution in [-0.4, -0.2) is 18.4 Å². The Kier molecular flexibility index (Phi) is 6.27. The first-order valence-corrected chi connectivity index (χ1v) is 7.94. The molecule has 0 unspecified atom stereocenters. The maximum Gasteiger partial charge on any atom is 0.276 e. The number of halogens is 3. The van der Waals surface area contributed by atoms with Crippen LogP contribution in [0.1, 0.15) is 10.4 Å². The number of nitrogens with one attached hydrogen (secondary N) is 2. The quantitative estimate of drug-likeness (QED) is 0.747. The molecule has 0 aromatic heterocycles. The highest BCUT2D eigenvalue weighted by molar-refractivity contribution is 9.10. The second-order valence-electron chi connectivity index (χ2n) is 4.35. The normalized spacial score (nSPS) is 10.0. The van der Waals surface area contributed by atoms with Gasteiger partial charge < -0.3 is 4.74 Å². The maximum absolute atomic E-state index is 11.9. The van der Waals surface area contributed by atoms with Gasteiger partial charge in [-0.3, -0.25) is 20.4 Å². The van der Waals surface area contributed by atoms with Gasteiger partial charge in [0.15, 0.2) is 6.61 Å². The molecule has 0 bridgehead atoms. The summed E-state index contributed by atoms with van der Waals surface area (Å²) in [5.41, 5.74) is 4.75. The van der Waals surface area contributed by atoms with Crippen LogP contribution in [0.3, 0.4) is 0 Å². The van der Waals surface area contributed by atoms with Gasteiger partial charge in [0.25, 0.3) is 11.8 Å². The van der Waals surface area contributed by atoms with Gasteiger partial charge in [-0.15, -0.1) is 0 Å². The summed E-state index contributed by atoms with van der Waals surface area (Å²) in [6, 6.07) is 11.5. The largest absolute Gasteiger partial charge is 0.482 e. The molecule has 0 saturated heterocycles. The molecule has 0 atom stereocenters. The van der Waals surface area contributed by atoms with Crippen molar-refractivity contribution in [2.24, 2.45) is 0 Å². The molecule has 0 aliphatic heterocycles. The van der Waals surface area contributed by atoms with Gasteiger partial charge in [-0.1, -0.05) is 51.3 Å². The summed E-state index contributed by atoms with van der Waals surface area (Å²) in [5.74, 6) is -0.697. The number of amides is 2. The third kappa shape index (κ3) is 5.13. The lowest BCUT2D eigenvalue weighted by Gasteiger charge is -2.10. The van der Waals surface area contributed by atoms with Gasteiger partial charge in [0.05, 0.1) is 15.6 Å². The van der Waals surface area contributed by atoms with Gasteiger partial charge >= 0.3 is 0 Å². The lowest BCUT2D eigenvalue weighted by molar-refractivity contribution is -0.123. The zero-order valence-electron chi connectivity index (χ0n) is 11.6. The molecule has 5 nitrogen and oxygen atoms in total. The zero-order chi connectivity index (χ0) is 16.8. The molecule has 2 aromatic rings. The number of benzene rings is 2. The van der Waals surface area contributed by atoms with Crippen LogP contribution < -0.4 is 15.6 Å². The van der Waals surface area contributed by atoms with Crippen molar-refractivity contribution in [3.8, 4) is 5.75 Å². The predicted octanol–water partition coefficient (Wildman–Crippen LogP) is 3.60. The van der Waals surface area contributed by atoms with E-state index < -0.39 is 11.8 Å². The van der Waals surface area contributed by atoms with Gasteiger partial charge in [-0.05, 0) is 30.3 Å². The second kappa shape index (κ2) is 8.19. The van der Waals surface area contributed by atoms with E-state index in [1.165, 1.54) is 0 Å². The minimum Gasteiger partial charge on any atom is -0.482 e. The first kappa shape index (κ1) is 17.6. The first-order valence-electron chi connectivity index (χ1n) is 6.39. The van der Waals surface area contributed by atoms with Crippen molar-refractivity contribution in [3.05, 3.63) is 62.5 Å². The highest BCUT2D eigenvalue weighted by Gasteiger charge is 2.11. The van der Waals surface area contributed by atoms with E-state index in [1.54, 1.807) is 42.5 Å². The molecule has 2 amide bonds. The monoisotopic (exact) mass is 416 g/mol. The summed E-state index contributed by atoms with van der Waals surface area (Å²) in [6.07, 6.45) is 0. The minimum absolute atomic E-state index is 0.256. The van der Waals surface area contributed by atoms with Crippen LogP contribution in [-0.2, 0) is 4.79 Å². The topological polar surface area (TPSA) is 67.4 Å². The molecule has 23 heavy (non-hydrogen) atoms. The lowest BCUT2D eigenvalue weighted by Crippen LogP contribution is -2.43.